The molecule has 0 radical (unpaired) electrons. The number of rotatable bonds is 4. The molecule has 0 spiro atoms. The molecule has 0 saturated carbocycles. The molecular weight excluding hydrogens is 252 g/mol. The third-order valence-corrected chi connectivity index (χ3v) is 3.09. The van der Waals surface area contributed by atoms with Gasteiger partial charge in [0.05, 0.1) is 25.9 Å². The zero-order chi connectivity index (χ0) is 12.1. The summed E-state index contributed by atoms with van der Waals surface area (Å²) in [7, 11) is 0. The Morgan fingerprint density at radius 2 is 2.06 bits per heavy atom. The molecule has 0 unspecified atom stereocenters. The van der Waals surface area contributed by atoms with E-state index < -0.39 is 0 Å². The summed E-state index contributed by atoms with van der Waals surface area (Å²) in [6.45, 7) is 4.51. The molecule has 0 bridgehead atoms. The molecule has 0 amide bonds. The van der Waals surface area contributed by atoms with Crippen molar-refractivity contribution in [3.63, 3.8) is 0 Å². The van der Waals surface area contributed by atoms with Crippen LogP contribution >= 0.6 is 12.4 Å². The van der Waals surface area contributed by atoms with Crippen LogP contribution in [0.1, 0.15) is 17.2 Å². The van der Waals surface area contributed by atoms with Gasteiger partial charge in [0.25, 0.3) is 0 Å². The van der Waals surface area contributed by atoms with Gasteiger partial charge in [0.1, 0.15) is 0 Å². The molecule has 1 aromatic carbocycles. The van der Waals surface area contributed by atoms with Crippen molar-refractivity contribution in [2.45, 2.75) is 12.6 Å². The Labute approximate surface area is 114 Å². The van der Waals surface area contributed by atoms with E-state index in [4.69, 9.17) is 15.6 Å². The average molecular weight is 273 g/mol. The molecular formula is C13H21ClN2O2. The number of nitrogens with zero attached hydrogens (tertiary/aromatic N) is 1. The molecule has 3 N–H and O–H groups in total. The van der Waals surface area contributed by atoms with Crippen molar-refractivity contribution in [2.75, 3.05) is 32.9 Å². The van der Waals surface area contributed by atoms with Crippen LogP contribution in [0.3, 0.4) is 0 Å². The fraction of sp³-hybridized carbons (Fsp3) is 0.538. The number of halogens is 1. The van der Waals surface area contributed by atoms with Gasteiger partial charge in [-0.2, -0.15) is 0 Å². The minimum atomic E-state index is -0.278. The highest BCUT2D eigenvalue weighted by Crippen LogP contribution is 2.14. The summed E-state index contributed by atoms with van der Waals surface area (Å²) in [5.41, 5.74) is 8.05. The van der Waals surface area contributed by atoms with E-state index >= 15 is 0 Å². The van der Waals surface area contributed by atoms with E-state index in [1.807, 2.05) is 12.1 Å². The van der Waals surface area contributed by atoms with Crippen LogP contribution in [0.15, 0.2) is 24.3 Å². The van der Waals surface area contributed by atoms with Crippen LogP contribution in [0.5, 0.6) is 0 Å². The van der Waals surface area contributed by atoms with Crippen LogP contribution in [-0.4, -0.2) is 42.9 Å². The Morgan fingerprint density at radius 3 is 2.72 bits per heavy atom. The van der Waals surface area contributed by atoms with E-state index in [2.05, 4.69) is 17.0 Å². The third kappa shape index (κ3) is 4.23. The van der Waals surface area contributed by atoms with Crippen LogP contribution in [-0.2, 0) is 11.3 Å². The monoisotopic (exact) mass is 272 g/mol. The second kappa shape index (κ2) is 7.71. The first-order valence-corrected chi connectivity index (χ1v) is 6.05. The first-order chi connectivity index (χ1) is 8.29. The molecule has 2 rings (SSSR count). The molecule has 0 aliphatic carbocycles. The fourth-order valence-corrected chi connectivity index (χ4v) is 2.04. The minimum Gasteiger partial charge on any atom is -0.394 e. The number of aliphatic hydroxyl groups is 1. The predicted molar refractivity (Wildman–Crippen MR) is 73.8 cm³/mol. The lowest BCUT2D eigenvalue weighted by atomic mass is 10.0. The van der Waals surface area contributed by atoms with Gasteiger partial charge in [-0.1, -0.05) is 24.3 Å². The maximum atomic E-state index is 9.05. The number of hydrogen-bond donors (Lipinski definition) is 2. The summed E-state index contributed by atoms with van der Waals surface area (Å²) in [4.78, 5) is 2.37. The molecule has 1 fully saturated rings. The summed E-state index contributed by atoms with van der Waals surface area (Å²) in [5.74, 6) is 0. The highest BCUT2D eigenvalue weighted by atomic mass is 35.5. The number of benzene rings is 1. The van der Waals surface area contributed by atoms with Crippen molar-refractivity contribution in [2.24, 2.45) is 5.73 Å². The topological polar surface area (TPSA) is 58.7 Å². The third-order valence-electron chi connectivity index (χ3n) is 3.09. The molecule has 1 aliphatic rings. The maximum absolute atomic E-state index is 9.05. The zero-order valence-corrected chi connectivity index (χ0v) is 11.2. The maximum Gasteiger partial charge on any atom is 0.0624 e. The first-order valence-electron chi connectivity index (χ1n) is 6.05. The molecule has 1 saturated heterocycles. The average Bonchev–Trinajstić information content (AvgIpc) is 2.39. The molecule has 0 aromatic heterocycles. The Bertz CT molecular complexity index is 357. The van der Waals surface area contributed by atoms with Crippen molar-refractivity contribution in [3.8, 4) is 0 Å². The van der Waals surface area contributed by atoms with Gasteiger partial charge in [-0.05, 0) is 11.1 Å². The Morgan fingerprint density at radius 1 is 1.33 bits per heavy atom. The van der Waals surface area contributed by atoms with E-state index in [0.717, 1.165) is 38.4 Å². The molecule has 102 valence electrons. The number of morpholine rings is 1. The number of nitrogens with two attached hydrogens (primary N) is 1. The number of ether oxygens (including phenoxy) is 1. The molecule has 4 nitrogen and oxygen atoms in total. The van der Waals surface area contributed by atoms with Gasteiger partial charge in [0, 0.05) is 19.6 Å². The van der Waals surface area contributed by atoms with Gasteiger partial charge in [0.2, 0.25) is 0 Å². The summed E-state index contributed by atoms with van der Waals surface area (Å²) in [6.07, 6.45) is 0. The van der Waals surface area contributed by atoms with Crippen LogP contribution in [0.25, 0.3) is 0 Å². The number of aliphatic hydroxyl groups excluding tert-OH is 1. The van der Waals surface area contributed by atoms with E-state index in [1.165, 1.54) is 5.56 Å². The Hall–Kier alpha value is -0.650. The van der Waals surface area contributed by atoms with Gasteiger partial charge < -0.3 is 15.6 Å². The van der Waals surface area contributed by atoms with Crippen LogP contribution in [0.2, 0.25) is 0 Å². The van der Waals surface area contributed by atoms with Gasteiger partial charge in [-0.15, -0.1) is 12.4 Å². The smallest absolute Gasteiger partial charge is 0.0624 e. The van der Waals surface area contributed by atoms with E-state index in [-0.39, 0.29) is 25.1 Å². The molecule has 1 heterocycles. The summed E-state index contributed by atoms with van der Waals surface area (Å²) in [6, 6.07) is 7.86. The molecule has 18 heavy (non-hydrogen) atoms. The normalized spacial score (nSPS) is 18.1. The predicted octanol–water partition coefficient (Wildman–Crippen LogP) is 0.933. The highest BCUT2D eigenvalue weighted by Gasteiger charge is 2.11. The summed E-state index contributed by atoms with van der Waals surface area (Å²) in [5, 5.41) is 9.05. The van der Waals surface area contributed by atoms with E-state index in [9.17, 15) is 0 Å². The van der Waals surface area contributed by atoms with Crippen molar-refractivity contribution < 1.29 is 9.84 Å². The fourth-order valence-electron chi connectivity index (χ4n) is 2.04. The largest absolute Gasteiger partial charge is 0.394 e. The Kier molecular flexibility index (Phi) is 6.60. The van der Waals surface area contributed by atoms with E-state index in [0.29, 0.717) is 0 Å². The molecule has 5 heteroatoms. The second-order valence-electron chi connectivity index (χ2n) is 4.42. The van der Waals surface area contributed by atoms with Crippen molar-refractivity contribution in [1.29, 1.82) is 0 Å². The SMILES string of the molecule is Cl.N[C@@H](CO)c1cccc(CN2CCOCC2)c1. The lowest BCUT2D eigenvalue weighted by Gasteiger charge is -2.26. The summed E-state index contributed by atoms with van der Waals surface area (Å²) >= 11 is 0. The second-order valence-corrected chi connectivity index (χ2v) is 4.42. The first kappa shape index (κ1) is 15.4. The molecule has 1 atom stereocenters. The lowest BCUT2D eigenvalue weighted by Crippen LogP contribution is -2.35. The highest BCUT2D eigenvalue weighted by molar-refractivity contribution is 5.85. The van der Waals surface area contributed by atoms with Crippen molar-refractivity contribution in [1.82, 2.24) is 4.90 Å². The molecule has 1 aromatic rings. The van der Waals surface area contributed by atoms with Gasteiger partial charge in [-0.3, -0.25) is 4.90 Å². The van der Waals surface area contributed by atoms with Gasteiger partial charge >= 0.3 is 0 Å². The standard InChI is InChI=1S/C13H20N2O2.ClH/c14-13(10-16)12-3-1-2-11(8-12)9-15-4-6-17-7-5-15;/h1-3,8,13,16H,4-7,9-10,14H2;1H/t13-;/m0./s1. The van der Waals surface area contributed by atoms with Gasteiger partial charge in [-0.25, -0.2) is 0 Å². The van der Waals surface area contributed by atoms with Crippen LogP contribution < -0.4 is 5.73 Å². The molecule has 1 aliphatic heterocycles. The summed E-state index contributed by atoms with van der Waals surface area (Å²) < 4.78 is 5.32. The zero-order valence-electron chi connectivity index (χ0n) is 10.4. The van der Waals surface area contributed by atoms with Crippen molar-refractivity contribution in [3.05, 3.63) is 35.4 Å². The van der Waals surface area contributed by atoms with Crippen LogP contribution in [0.4, 0.5) is 0 Å². The van der Waals surface area contributed by atoms with Crippen molar-refractivity contribution >= 4 is 12.4 Å². The quantitative estimate of drug-likeness (QED) is 0.856. The van der Waals surface area contributed by atoms with Crippen LogP contribution in [0, 0.1) is 0 Å². The van der Waals surface area contributed by atoms with Gasteiger partial charge in [0.15, 0.2) is 0 Å². The lowest BCUT2D eigenvalue weighted by molar-refractivity contribution is 0.0342. The van der Waals surface area contributed by atoms with E-state index in [1.54, 1.807) is 0 Å². The Balaban J connectivity index is 0.00000162. The number of hydrogen-bond acceptors (Lipinski definition) is 4. The minimum absolute atomic E-state index is 0.